The minimum atomic E-state index is 0.0478. The third kappa shape index (κ3) is 3.25. The summed E-state index contributed by atoms with van der Waals surface area (Å²) in [6, 6.07) is 5.47. The molecule has 0 saturated heterocycles. The first-order valence-electron chi connectivity index (χ1n) is 4.72. The van der Waals surface area contributed by atoms with Gasteiger partial charge in [-0.15, -0.1) is 0 Å². The molecular formula is C11H16N2O2. The third-order valence-corrected chi connectivity index (χ3v) is 2.04. The predicted molar refractivity (Wildman–Crippen MR) is 59.6 cm³/mol. The zero-order valence-corrected chi connectivity index (χ0v) is 9.04. The van der Waals surface area contributed by atoms with Gasteiger partial charge in [-0.25, -0.2) is 0 Å². The van der Waals surface area contributed by atoms with Gasteiger partial charge in [-0.05, 0) is 18.6 Å². The monoisotopic (exact) mass is 208 g/mol. The standard InChI is InChI=1S/C11H16N2O2/c1-8-3-4-9(11(12)13)7-10(8)15-6-5-14-2/h3-4,7H,5-6H2,1-2H3,(H3,12,13). The number of aryl methyl sites for hydroxylation is 1. The number of hydrogen-bond acceptors (Lipinski definition) is 3. The first kappa shape index (κ1) is 11.5. The van der Waals surface area contributed by atoms with Gasteiger partial charge in [0, 0.05) is 12.7 Å². The van der Waals surface area contributed by atoms with Crippen molar-refractivity contribution in [2.24, 2.45) is 5.73 Å². The van der Waals surface area contributed by atoms with Crippen LogP contribution < -0.4 is 10.5 Å². The summed E-state index contributed by atoms with van der Waals surface area (Å²) in [6.07, 6.45) is 0. The Balaban J connectivity index is 2.76. The highest BCUT2D eigenvalue weighted by Crippen LogP contribution is 2.19. The molecule has 0 fully saturated rings. The Morgan fingerprint density at radius 3 is 2.73 bits per heavy atom. The predicted octanol–water partition coefficient (Wildman–Crippen LogP) is 1.30. The van der Waals surface area contributed by atoms with Crippen LogP contribution >= 0.6 is 0 Å². The van der Waals surface area contributed by atoms with Crippen LogP contribution in [0.2, 0.25) is 0 Å². The minimum Gasteiger partial charge on any atom is -0.491 e. The highest BCUT2D eigenvalue weighted by Gasteiger charge is 2.03. The van der Waals surface area contributed by atoms with Crippen molar-refractivity contribution >= 4 is 5.84 Å². The maximum absolute atomic E-state index is 7.31. The van der Waals surface area contributed by atoms with Gasteiger partial charge in [0.15, 0.2) is 0 Å². The Morgan fingerprint density at radius 2 is 2.13 bits per heavy atom. The lowest BCUT2D eigenvalue weighted by Crippen LogP contribution is -2.12. The zero-order valence-electron chi connectivity index (χ0n) is 9.04. The number of nitrogens with two attached hydrogens (primary N) is 1. The van der Waals surface area contributed by atoms with Gasteiger partial charge in [0.25, 0.3) is 0 Å². The molecule has 0 amide bonds. The van der Waals surface area contributed by atoms with Crippen molar-refractivity contribution in [3.8, 4) is 5.75 Å². The summed E-state index contributed by atoms with van der Waals surface area (Å²) in [5.41, 5.74) is 7.09. The Hall–Kier alpha value is -1.55. The van der Waals surface area contributed by atoms with Crippen LogP contribution in [0.25, 0.3) is 0 Å². The van der Waals surface area contributed by atoms with Crippen molar-refractivity contribution in [1.82, 2.24) is 0 Å². The van der Waals surface area contributed by atoms with Crippen molar-refractivity contribution in [3.63, 3.8) is 0 Å². The van der Waals surface area contributed by atoms with E-state index in [9.17, 15) is 0 Å². The number of rotatable bonds is 5. The lowest BCUT2D eigenvalue weighted by molar-refractivity contribution is 0.146. The van der Waals surface area contributed by atoms with Crippen LogP contribution in [0.3, 0.4) is 0 Å². The second kappa shape index (κ2) is 5.36. The molecule has 0 aliphatic carbocycles. The molecule has 0 unspecified atom stereocenters. The topological polar surface area (TPSA) is 68.3 Å². The first-order valence-corrected chi connectivity index (χ1v) is 4.72. The summed E-state index contributed by atoms with van der Waals surface area (Å²) in [5.74, 6) is 0.798. The molecule has 0 aliphatic rings. The van der Waals surface area contributed by atoms with E-state index in [-0.39, 0.29) is 5.84 Å². The van der Waals surface area contributed by atoms with Crippen LogP contribution in [0.1, 0.15) is 11.1 Å². The summed E-state index contributed by atoms with van der Waals surface area (Å²) in [7, 11) is 1.63. The molecular weight excluding hydrogens is 192 g/mol. The molecule has 3 N–H and O–H groups in total. The molecule has 1 rings (SSSR count). The molecule has 4 heteroatoms. The van der Waals surface area contributed by atoms with E-state index in [1.165, 1.54) is 0 Å². The number of amidine groups is 1. The van der Waals surface area contributed by atoms with Gasteiger partial charge < -0.3 is 15.2 Å². The number of benzene rings is 1. The average molecular weight is 208 g/mol. The number of ether oxygens (including phenoxy) is 2. The van der Waals surface area contributed by atoms with Crippen LogP contribution in [0, 0.1) is 12.3 Å². The summed E-state index contributed by atoms with van der Waals surface area (Å²) in [4.78, 5) is 0. The van der Waals surface area contributed by atoms with Gasteiger partial charge >= 0.3 is 0 Å². The van der Waals surface area contributed by atoms with E-state index < -0.39 is 0 Å². The third-order valence-electron chi connectivity index (χ3n) is 2.04. The minimum absolute atomic E-state index is 0.0478. The molecule has 0 atom stereocenters. The van der Waals surface area contributed by atoms with Crippen molar-refractivity contribution in [2.45, 2.75) is 6.92 Å². The Bertz CT molecular complexity index is 350. The number of nitrogen functional groups attached to an aromatic ring is 1. The van der Waals surface area contributed by atoms with E-state index in [0.717, 1.165) is 11.3 Å². The van der Waals surface area contributed by atoms with E-state index in [0.29, 0.717) is 18.8 Å². The van der Waals surface area contributed by atoms with Gasteiger partial charge in [-0.3, -0.25) is 5.41 Å². The number of hydrogen-bond donors (Lipinski definition) is 2. The lowest BCUT2D eigenvalue weighted by Gasteiger charge is -2.10. The zero-order chi connectivity index (χ0) is 11.3. The Morgan fingerprint density at radius 1 is 1.40 bits per heavy atom. The van der Waals surface area contributed by atoms with Crippen LogP contribution in [0.5, 0.6) is 5.75 Å². The van der Waals surface area contributed by atoms with Crippen molar-refractivity contribution < 1.29 is 9.47 Å². The summed E-state index contributed by atoms with van der Waals surface area (Å²) >= 11 is 0. The van der Waals surface area contributed by atoms with E-state index in [4.69, 9.17) is 20.6 Å². The maximum Gasteiger partial charge on any atom is 0.123 e. The number of nitrogens with one attached hydrogen (secondary N) is 1. The molecule has 82 valence electrons. The van der Waals surface area contributed by atoms with Gasteiger partial charge in [-0.1, -0.05) is 12.1 Å². The molecule has 1 aromatic carbocycles. The van der Waals surface area contributed by atoms with Crippen molar-refractivity contribution in [1.29, 1.82) is 5.41 Å². The van der Waals surface area contributed by atoms with Crippen LogP contribution in [0.15, 0.2) is 18.2 Å². The fraction of sp³-hybridized carbons (Fsp3) is 0.364. The molecule has 4 nitrogen and oxygen atoms in total. The average Bonchev–Trinajstić information content (AvgIpc) is 2.20. The van der Waals surface area contributed by atoms with Crippen LogP contribution in [-0.2, 0) is 4.74 Å². The summed E-state index contributed by atoms with van der Waals surface area (Å²) < 4.78 is 10.4. The summed E-state index contributed by atoms with van der Waals surface area (Å²) in [6.45, 7) is 2.99. The molecule has 0 saturated carbocycles. The lowest BCUT2D eigenvalue weighted by atomic mass is 10.1. The highest BCUT2D eigenvalue weighted by molar-refractivity contribution is 5.95. The van der Waals surface area contributed by atoms with E-state index in [1.807, 2.05) is 13.0 Å². The van der Waals surface area contributed by atoms with E-state index in [1.54, 1.807) is 19.2 Å². The fourth-order valence-corrected chi connectivity index (χ4v) is 1.16. The highest BCUT2D eigenvalue weighted by atomic mass is 16.5. The molecule has 0 bridgehead atoms. The Kier molecular flexibility index (Phi) is 4.12. The Labute approximate surface area is 89.5 Å². The first-order chi connectivity index (χ1) is 7.15. The van der Waals surface area contributed by atoms with Gasteiger partial charge in [0.1, 0.15) is 18.2 Å². The molecule has 0 spiro atoms. The number of methoxy groups -OCH3 is 1. The maximum atomic E-state index is 7.31. The molecule has 0 radical (unpaired) electrons. The van der Waals surface area contributed by atoms with E-state index in [2.05, 4.69) is 0 Å². The normalized spacial score (nSPS) is 10.0. The molecule has 0 heterocycles. The van der Waals surface area contributed by atoms with Crippen molar-refractivity contribution in [2.75, 3.05) is 20.3 Å². The fourth-order valence-electron chi connectivity index (χ4n) is 1.16. The van der Waals surface area contributed by atoms with E-state index >= 15 is 0 Å². The SMILES string of the molecule is COCCOc1cc(C(=N)N)ccc1C. The smallest absolute Gasteiger partial charge is 0.123 e. The van der Waals surface area contributed by atoms with Crippen LogP contribution in [0.4, 0.5) is 0 Å². The molecule has 1 aromatic rings. The van der Waals surface area contributed by atoms with Gasteiger partial charge in [-0.2, -0.15) is 0 Å². The quantitative estimate of drug-likeness (QED) is 0.435. The second-order valence-electron chi connectivity index (χ2n) is 3.24. The molecule has 15 heavy (non-hydrogen) atoms. The summed E-state index contributed by atoms with van der Waals surface area (Å²) in [5, 5.41) is 7.31. The molecule has 0 aromatic heterocycles. The van der Waals surface area contributed by atoms with Crippen molar-refractivity contribution in [3.05, 3.63) is 29.3 Å². The van der Waals surface area contributed by atoms with Gasteiger partial charge in [0.2, 0.25) is 0 Å². The largest absolute Gasteiger partial charge is 0.491 e. The van der Waals surface area contributed by atoms with Crippen LogP contribution in [-0.4, -0.2) is 26.2 Å². The second-order valence-corrected chi connectivity index (χ2v) is 3.24. The van der Waals surface area contributed by atoms with Gasteiger partial charge in [0.05, 0.1) is 6.61 Å². The molecule has 0 aliphatic heterocycles.